The first kappa shape index (κ1) is 15.4. The summed E-state index contributed by atoms with van der Waals surface area (Å²) in [4.78, 5) is 26.6. The molecular weight excluding hydrogens is 310 g/mol. The Kier molecular flexibility index (Phi) is 4.33. The lowest BCUT2D eigenvalue weighted by Gasteiger charge is -2.08. The summed E-state index contributed by atoms with van der Waals surface area (Å²) in [5.41, 5.74) is 0.573. The largest absolute Gasteiger partial charge is 0.477 e. The number of benzene rings is 2. The molecule has 3 rings (SSSR count). The van der Waals surface area contributed by atoms with Crippen LogP contribution in [0.5, 0.6) is 5.75 Å². The summed E-state index contributed by atoms with van der Waals surface area (Å²) < 4.78 is 5.24. The third-order valence-corrected chi connectivity index (χ3v) is 3.29. The molecule has 0 unspecified atom stereocenters. The summed E-state index contributed by atoms with van der Waals surface area (Å²) in [6.07, 6.45) is 0. The third-order valence-electron chi connectivity index (χ3n) is 3.29. The van der Waals surface area contributed by atoms with Gasteiger partial charge >= 0.3 is 5.69 Å². The molecule has 1 aromatic heterocycles. The zero-order chi connectivity index (χ0) is 16.9. The van der Waals surface area contributed by atoms with Gasteiger partial charge in [-0.15, -0.1) is 0 Å². The number of nitrogens with zero attached hydrogens (tertiary/aromatic N) is 2. The lowest BCUT2D eigenvalue weighted by Crippen LogP contribution is -2.21. The molecule has 1 heterocycles. The molecule has 0 aliphatic rings. The van der Waals surface area contributed by atoms with Crippen molar-refractivity contribution in [2.45, 2.75) is 0 Å². The van der Waals surface area contributed by atoms with E-state index in [-0.39, 0.29) is 18.0 Å². The van der Waals surface area contributed by atoms with Gasteiger partial charge in [-0.2, -0.15) is 0 Å². The van der Waals surface area contributed by atoms with Crippen molar-refractivity contribution in [3.63, 3.8) is 0 Å². The molecule has 7 heteroatoms. The molecule has 0 aliphatic carbocycles. The Bertz CT molecular complexity index is 911. The van der Waals surface area contributed by atoms with Gasteiger partial charge in [-0.05, 0) is 24.3 Å². The lowest BCUT2D eigenvalue weighted by molar-refractivity contribution is -0.385. The van der Waals surface area contributed by atoms with E-state index < -0.39 is 10.8 Å². The minimum Gasteiger partial charge on any atom is -0.477 e. The Balaban J connectivity index is 1.66. The van der Waals surface area contributed by atoms with Crippen LogP contribution in [0.3, 0.4) is 0 Å². The number of nitro groups is 1. The summed E-state index contributed by atoms with van der Waals surface area (Å²) in [5.74, 6) is -0.00934. The molecule has 0 fully saturated rings. The predicted octanol–water partition coefficient (Wildman–Crippen LogP) is 3.16. The number of amides is 1. The number of anilines is 1. The van der Waals surface area contributed by atoms with E-state index in [1.54, 1.807) is 12.1 Å². The molecule has 0 spiro atoms. The molecule has 7 nitrogen and oxygen atoms in total. The molecule has 120 valence electrons. The van der Waals surface area contributed by atoms with Gasteiger partial charge < -0.3 is 10.1 Å². The highest BCUT2D eigenvalue weighted by atomic mass is 16.6. The minimum atomic E-state index is -0.557. The van der Waals surface area contributed by atoms with Gasteiger partial charge in [0.1, 0.15) is 5.82 Å². The number of hydrogen-bond acceptors (Lipinski definition) is 5. The van der Waals surface area contributed by atoms with Crippen molar-refractivity contribution in [2.75, 3.05) is 11.9 Å². The van der Waals surface area contributed by atoms with Crippen molar-refractivity contribution in [1.29, 1.82) is 0 Å². The van der Waals surface area contributed by atoms with E-state index in [1.807, 2.05) is 30.3 Å². The average Bonchev–Trinajstić information content (AvgIpc) is 2.60. The van der Waals surface area contributed by atoms with E-state index in [1.165, 1.54) is 18.2 Å². The lowest BCUT2D eigenvalue weighted by atomic mass is 10.2. The monoisotopic (exact) mass is 323 g/mol. The zero-order valence-corrected chi connectivity index (χ0v) is 12.5. The van der Waals surface area contributed by atoms with Crippen LogP contribution in [0, 0.1) is 10.1 Å². The highest BCUT2D eigenvalue weighted by Gasteiger charge is 2.15. The van der Waals surface area contributed by atoms with Crippen molar-refractivity contribution < 1.29 is 14.5 Å². The summed E-state index contributed by atoms with van der Waals surface area (Å²) in [5, 5.41) is 14.5. The van der Waals surface area contributed by atoms with Gasteiger partial charge in [-0.3, -0.25) is 14.9 Å². The Morgan fingerprint density at radius 2 is 1.83 bits per heavy atom. The number of aromatic nitrogens is 1. The van der Waals surface area contributed by atoms with Crippen LogP contribution in [0.25, 0.3) is 10.9 Å². The van der Waals surface area contributed by atoms with E-state index in [2.05, 4.69) is 10.3 Å². The maximum Gasteiger partial charge on any atom is 0.310 e. The molecule has 2 aromatic carbocycles. The van der Waals surface area contributed by atoms with Crippen molar-refractivity contribution in [3.8, 4) is 5.75 Å². The Hall–Kier alpha value is -3.48. The van der Waals surface area contributed by atoms with Gasteiger partial charge in [0.2, 0.25) is 0 Å². The quantitative estimate of drug-likeness (QED) is 0.575. The van der Waals surface area contributed by atoms with E-state index in [0.717, 1.165) is 10.9 Å². The second-order valence-corrected chi connectivity index (χ2v) is 4.95. The van der Waals surface area contributed by atoms with Crippen molar-refractivity contribution in [3.05, 3.63) is 70.8 Å². The molecule has 0 bridgehead atoms. The first-order valence-corrected chi connectivity index (χ1v) is 7.15. The van der Waals surface area contributed by atoms with Gasteiger partial charge in [0, 0.05) is 11.5 Å². The van der Waals surface area contributed by atoms with Crippen molar-refractivity contribution in [1.82, 2.24) is 4.98 Å². The van der Waals surface area contributed by atoms with E-state index in [9.17, 15) is 14.9 Å². The van der Waals surface area contributed by atoms with Gasteiger partial charge in [0.15, 0.2) is 12.4 Å². The fourth-order valence-electron chi connectivity index (χ4n) is 2.19. The van der Waals surface area contributed by atoms with Crippen LogP contribution < -0.4 is 10.1 Å². The number of nitrogens with one attached hydrogen (secondary N) is 1. The van der Waals surface area contributed by atoms with Crippen LogP contribution in [0.4, 0.5) is 11.5 Å². The maximum absolute atomic E-state index is 12.0. The Morgan fingerprint density at radius 1 is 1.08 bits per heavy atom. The highest BCUT2D eigenvalue weighted by molar-refractivity contribution is 5.92. The third kappa shape index (κ3) is 3.46. The summed E-state index contributed by atoms with van der Waals surface area (Å²) in [6.45, 7) is -0.348. The second kappa shape index (κ2) is 6.74. The fourth-order valence-corrected chi connectivity index (χ4v) is 2.19. The summed E-state index contributed by atoms with van der Waals surface area (Å²) in [7, 11) is 0. The number of ether oxygens (including phenoxy) is 1. The first-order valence-electron chi connectivity index (χ1n) is 7.15. The van der Waals surface area contributed by atoms with Crippen LogP contribution in [0.1, 0.15) is 0 Å². The SMILES string of the molecule is O=C(COc1ccccc1[N+](=O)[O-])Nc1ccc2ccccc2n1. The predicted molar refractivity (Wildman–Crippen MR) is 89.0 cm³/mol. The number of nitro benzene ring substituents is 1. The van der Waals surface area contributed by atoms with E-state index in [4.69, 9.17) is 4.74 Å². The van der Waals surface area contributed by atoms with Crippen LogP contribution in [-0.4, -0.2) is 22.4 Å². The smallest absolute Gasteiger partial charge is 0.310 e. The number of pyridine rings is 1. The molecule has 1 N–H and O–H groups in total. The van der Waals surface area contributed by atoms with Crippen LogP contribution >= 0.6 is 0 Å². The number of rotatable bonds is 5. The normalized spacial score (nSPS) is 10.3. The Morgan fingerprint density at radius 3 is 2.67 bits per heavy atom. The number of carbonyl (C=O) groups excluding carboxylic acids is 1. The standard InChI is InChI=1S/C17H13N3O4/c21-17(11-24-15-8-4-3-7-14(15)20(22)23)19-16-10-9-12-5-1-2-6-13(12)18-16/h1-10H,11H2,(H,18,19,21). The molecule has 3 aromatic rings. The molecule has 24 heavy (non-hydrogen) atoms. The van der Waals surface area contributed by atoms with Crippen molar-refractivity contribution >= 4 is 28.3 Å². The molecule has 0 aliphatic heterocycles. The highest BCUT2D eigenvalue weighted by Crippen LogP contribution is 2.25. The van der Waals surface area contributed by atoms with Crippen LogP contribution in [-0.2, 0) is 4.79 Å². The number of carbonyl (C=O) groups is 1. The molecular formula is C17H13N3O4. The minimum absolute atomic E-state index is 0.0455. The molecule has 0 radical (unpaired) electrons. The number of hydrogen-bond donors (Lipinski definition) is 1. The topological polar surface area (TPSA) is 94.4 Å². The van der Waals surface area contributed by atoms with Gasteiger partial charge in [-0.25, -0.2) is 4.98 Å². The molecule has 0 saturated carbocycles. The van der Waals surface area contributed by atoms with E-state index in [0.29, 0.717) is 5.82 Å². The van der Waals surface area contributed by atoms with Crippen LogP contribution in [0.15, 0.2) is 60.7 Å². The molecule has 0 saturated heterocycles. The number of fused-ring (bicyclic) bond motifs is 1. The van der Waals surface area contributed by atoms with E-state index >= 15 is 0 Å². The van der Waals surface area contributed by atoms with Gasteiger partial charge in [-0.1, -0.05) is 30.3 Å². The Labute approximate surface area is 137 Å². The van der Waals surface area contributed by atoms with Gasteiger partial charge in [0.05, 0.1) is 10.4 Å². The van der Waals surface area contributed by atoms with Crippen LogP contribution in [0.2, 0.25) is 0 Å². The second-order valence-electron chi connectivity index (χ2n) is 4.95. The first-order chi connectivity index (χ1) is 11.6. The summed E-state index contributed by atoms with van der Waals surface area (Å²) >= 11 is 0. The number of para-hydroxylation sites is 3. The zero-order valence-electron chi connectivity index (χ0n) is 12.5. The van der Waals surface area contributed by atoms with Gasteiger partial charge in [0.25, 0.3) is 5.91 Å². The summed E-state index contributed by atoms with van der Waals surface area (Å²) in [6, 6.07) is 17.0. The molecule has 0 atom stereocenters. The molecule has 1 amide bonds. The van der Waals surface area contributed by atoms with Crippen molar-refractivity contribution in [2.24, 2.45) is 0 Å². The average molecular weight is 323 g/mol. The maximum atomic E-state index is 12.0. The fraction of sp³-hybridized carbons (Fsp3) is 0.0588.